The minimum atomic E-state index is 0.0584. The quantitative estimate of drug-likeness (QED) is 0.819. The molecule has 104 valence electrons. The van der Waals surface area contributed by atoms with E-state index in [-0.39, 0.29) is 11.6 Å². The first-order valence-corrected chi connectivity index (χ1v) is 7.64. The van der Waals surface area contributed by atoms with Crippen LogP contribution in [0.2, 0.25) is 0 Å². The Morgan fingerprint density at radius 3 is 2.90 bits per heavy atom. The number of nitrogens with zero attached hydrogens (tertiary/aromatic N) is 2. The molecular formula is C15H17N3OS. The second kappa shape index (κ2) is 4.53. The normalized spacial score (nSPS) is 26.2. The first kappa shape index (κ1) is 12.3. The monoisotopic (exact) mass is 287 g/mol. The molecule has 3 heterocycles. The van der Waals surface area contributed by atoms with E-state index >= 15 is 0 Å². The first-order valence-electron chi connectivity index (χ1n) is 7.23. The van der Waals surface area contributed by atoms with Crippen molar-refractivity contribution in [1.82, 2.24) is 14.5 Å². The van der Waals surface area contributed by atoms with Crippen molar-refractivity contribution in [3.8, 4) is 0 Å². The molecule has 0 bridgehead atoms. The van der Waals surface area contributed by atoms with Crippen LogP contribution in [-0.2, 0) is 0 Å². The second-order valence-corrected chi connectivity index (χ2v) is 6.14. The molecule has 2 saturated heterocycles. The Morgan fingerprint density at radius 2 is 2.00 bits per heavy atom. The van der Waals surface area contributed by atoms with Crippen LogP contribution in [0.3, 0.4) is 0 Å². The highest BCUT2D eigenvalue weighted by Crippen LogP contribution is 2.35. The van der Waals surface area contributed by atoms with Crippen molar-refractivity contribution in [2.75, 3.05) is 13.1 Å². The van der Waals surface area contributed by atoms with Gasteiger partial charge in [0.05, 0.1) is 16.9 Å². The van der Waals surface area contributed by atoms with Crippen molar-refractivity contribution in [1.29, 1.82) is 0 Å². The van der Waals surface area contributed by atoms with E-state index in [4.69, 9.17) is 12.2 Å². The van der Waals surface area contributed by atoms with Crippen molar-refractivity contribution in [3.05, 3.63) is 39.4 Å². The van der Waals surface area contributed by atoms with Gasteiger partial charge in [-0.2, -0.15) is 0 Å². The van der Waals surface area contributed by atoms with E-state index in [1.165, 1.54) is 19.4 Å². The summed E-state index contributed by atoms with van der Waals surface area (Å²) in [6, 6.07) is 8.34. The van der Waals surface area contributed by atoms with Gasteiger partial charge in [0.1, 0.15) is 0 Å². The largest absolute Gasteiger partial charge is 0.332 e. The molecule has 2 atom stereocenters. The van der Waals surface area contributed by atoms with Gasteiger partial charge in [0.2, 0.25) is 0 Å². The van der Waals surface area contributed by atoms with Crippen molar-refractivity contribution >= 4 is 23.1 Å². The highest BCUT2D eigenvalue weighted by Gasteiger charge is 2.39. The number of H-pyrrole nitrogens is 1. The first-order chi connectivity index (χ1) is 9.75. The fourth-order valence-corrected chi connectivity index (χ4v) is 4.16. The predicted molar refractivity (Wildman–Crippen MR) is 81.6 cm³/mol. The van der Waals surface area contributed by atoms with Crippen molar-refractivity contribution in [2.24, 2.45) is 0 Å². The van der Waals surface area contributed by atoms with Crippen LogP contribution in [0, 0.1) is 4.77 Å². The van der Waals surface area contributed by atoms with E-state index in [0.29, 0.717) is 10.8 Å². The molecule has 0 spiro atoms. The topological polar surface area (TPSA) is 41.0 Å². The zero-order valence-corrected chi connectivity index (χ0v) is 12.0. The molecule has 2 aliphatic rings. The minimum Gasteiger partial charge on any atom is -0.332 e. The summed E-state index contributed by atoms with van der Waals surface area (Å²) >= 11 is 5.45. The summed E-state index contributed by atoms with van der Waals surface area (Å²) in [5.74, 6) is 0. The average molecular weight is 287 g/mol. The Morgan fingerprint density at radius 1 is 1.15 bits per heavy atom. The lowest BCUT2D eigenvalue weighted by Gasteiger charge is -2.22. The van der Waals surface area contributed by atoms with Gasteiger partial charge in [0.15, 0.2) is 4.77 Å². The maximum Gasteiger partial charge on any atom is 0.262 e. The summed E-state index contributed by atoms with van der Waals surface area (Å²) in [5.41, 5.74) is 0.892. The number of fused-ring (bicyclic) bond motifs is 2. The zero-order valence-electron chi connectivity index (χ0n) is 11.2. The van der Waals surface area contributed by atoms with Gasteiger partial charge in [-0.3, -0.25) is 14.3 Å². The number of aromatic nitrogens is 2. The van der Waals surface area contributed by atoms with Crippen LogP contribution in [0.4, 0.5) is 0 Å². The van der Waals surface area contributed by atoms with Gasteiger partial charge in [-0.05, 0) is 50.2 Å². The Balaban J connectivity index is 1.92. The van der Waals surface area contributed by atoms with Gasteiger partial charge in [-0.15, -0.1) is 0 Å². The molecule has 1 N–H and O–H groups in total. The summed E-state index contributed by atoms with van der Waals surface area (Å²) in [6.45, 7) is 2.25. The standard InChI is InChI=1S/C15H17N3OS/c19-14-10-4-1-2-5-11(10)16-15(20)18(14)13-7-9-17-8-3-6-12(13)17/h1-2,4-5,12-13H,3,6-9H2,(H,16,20). The molecular weight excluding hydrogens is 270 g/mol. The number of rotatable bonds is 1. The maximum absolute atomic E-state index is 12.8. The molecule has 2 aromatic rings. The third-order valence-electron chi connectivity index (χ3n) is 4.74. The number of benzene rings is 1. The third-order valence-corrected chi connectivity index (χ3v) is 5.04. The number of para-hydroxylation sites is 1. The van der Waals surface area contributed by atoms with E-state index in [9.17, 15) is 4.79 Å². The molecule has 1 aromatic heterocycles. The molecule has 1 aromatic carbocycles. The van der Waals surface area contributed by atoms with Gasteiger partial charge in [0, 0.05) is 12.6 Å². The molecule has 4 nitrogen and oxygen atoms in total. The lowest BCUT2D eigenvalue weighted by atomic mass is 10.1. The van der Waals surface area contributed by atoms with E-state index in [1.54, 1.807) is 0 Å². The third kappa shape index (κ3) is 1.70. The van der Waals surface area contributed by atoms with E-state index < -0.39 is 0 Å². The Labute approximate surface area is 122 Å². The molecule has 2 fully saturated rings. The van der Waals surface area contributed by atoms with Crippen LogP contribution in [0.5, 0.6) is 0 Å². The fraction of sp³-hybridized carbons (Fsp3) is 0.467. The van der Waals surface area contributed by atoms with E-state index in [1.807, 2.05) is 28.8 Å². The highest BCUT2D eigenvalue weighted by atomic mass is 32.1. The van der Waals surface area contributed by atoms with Gasteiger partial charge in [-0.1, -0.05) is 12.1 Å². The van der Waals surface area contributed by atoms with Crippen LogP contribution in [0.25, 0.3) is 10.9 Å². The number of hydrogen-bond acceptors (Lipinski definition) is 3. The molecule has 0 radical (unpaired) electrons. The number of nitrogens with one attached hydrogen (secondary N) is 1. The zero-order chi connectivity index (χ0) is 13.7. The van der Waals surface area contributed by atoms with Gasteiger partial charge in [-0.25, -0.2) is 0 Å². The smallest absolute Gasteiger partial charge is 0.262 e. The minimum absolute atomic E-state index is 0.0584. The molecule has 5 heteroatoms. The number of hydrogen-bond donors (Lipinski definition) is 1. The SMILES string of the molecule is O=c1c2ccccc2[nH]c(=S)n1C1CCN2CCCC12. The van der Waals surface area contributed by atoms with Crippen LogP contribution in [0.15, 0.2) is 29.1 Å². The van der Waals surface area contributed by atoms with E-state index in [0.717, 1.165) is 23.9 Å². The summed E-state index contributed by atoms with van der Waals surface area (Å²) in [5, 5.41) is 0.734. The molecule has 2 unspecified atom stereocenters. The molecule has 2 aliphatic heterocycles. The average Bonchev–Trinajstić information content (AvgIpc) is 3.03. The Kier molecular flexibility index (Phi) is 2.79. The molecule has 0 aliphatic carbocycles. The van der Waals surface area contributed by atoms with Crippen molar-refractivity contribution in [2.45, 2.75) is 31.3 Å². The van der Waals surface area contributed by atoms with Crippen molar-refractivity contribution in [3.63, 3.8) is 0 Å². The van der Waals surface area contributed by atoms with E-state index in [2.05, 4.69) is 9.88 Å². The highest BCUT2D eigenvalue weighted by molar-refractivity contribution is 7.71. The maximum atomic E-state index is 12.8. The van der Waals surface area contributed by atoms with Gasteiger partial charge >= 0.3 is 0 Å². The van der Waals surface area contributed by atoms with Crippen LogP contribution in [-0.4, -0.2) is 33.6 Å². The van der Waals surface area contributed by atoms with Crippen molar-refractivity contribution < 1.29 is 0 Å². The molecule has 20 heavy (non-hydrogen) atoms. The molecule has 0 amide bonds. The second-order valence-electron chi connectivity index (χ2n) is 5.75. The Hall–Kier alpha value is -1.46. The molecule has 4 rings (SSSR count). The van der Waals surface area contributed by atoms with Crippen LogP contribution in [0.1, 0.15) is 25.3 Å². The summed E-state index contributed by atoms with van der Waals surface area (Å²) in [4.78, 5) is 18.5. The number of aromatic amines is 1. The summed E-state index contributed by atoms with van der Waals surface area (Å²) < 4.78 is 2.39. The Bertz CT molecular complexity index is 779. The van der Waals surface area contributed by atoms with Gasteiger partial charge < -0.3 is 4.98 Å². The lowest BCUT2D eigenvalue weighted by Crippen LogP contribution is -2.33. The predicted octanol–water partition coefficient (Wildman–Crippen LogP) is 2.47. The van der Waals surface area contributed by atoms with Crippen LogP contribution < -0.4 is 5.56 Å². The summed E-state index contributed by atoms with van der Waals surface area (Å²) in [6.07, 6.45) is 3.44. The van der Waals surface area contributed by atoms with Gasteiger partial charge in [0.25, 0.3) is 5.56 Å². The summed E-state index contributed by atoms with van der Waals surface area (Å²) in [7, 11) is 0. The molecule has 0 saturated carbocycles. The van der Waals surface area contributed by atoms with Crippen LogP contribution >= 0.6 is 12.2 Å². The lowest BCUT2D eigenvalue weighted by molar-refractivity contribution is 0.286. The fourth-order valence-electron chi connectivity index (χ4n) is 3.83.